The third-order valence-electron chi connectivity index (χ3n) is 5.59. The van der Waals surface area contributed by atoms with Crippen LogP contribution in [-0.2, 0) is 17.8 Å². The molecule has 0 saturated heterocycles. The number of amides is 2. The Balaban J connectivity index is 1.56. The Morgan fingerprint density at radius 1 is 1.09 bits per heavy atom. The second-order valence-corrected chi connectivity index (χ2v) is 9.70. The number of anilines is 1. The molecule has 0 bridgehead atoms. The molecule has 162 valence electrons. The molecule has 0 aliphatic carbocycles. The van der Waals surface area contributed by atoms with Gasteiger partial charge in [-0.1, -0.05) is 12.1 Å². The second kappa shape index (κ2) is 8.37. The van der Waals surface area contributed by atoms with Gasteiger partial charge in [-0.15, -0.1) is 22.7 Å². The maximum absolute atomic E-state index is 13.0. The van der Waals surface area contributed by atoms with E-state index in [0.717, 1.165) is 37.1 Å². The predicted molar refractivity (Wildman–Crippen MR) is 129 cm³/mol. The van der Waals surface area contributed by atoms with Crippen LogP contribution in [0.15, 0.2) is 48.5 Å². The lowest BCUT2D eigenvalue weighted by atomic mass is 10.0. The van der Waals surface area contributed by atoms with E-state index in [0.29, 0.717) is 24.4 Å². The van der Waals surface area contributed by atoms with Crippen molar-refractivity contribution in [2.75, 3.05) is 19.0 Å². The van der Waals surface area contributed by atoms with Gasteiger partial charge in [0.2, 0.25) is 5.91 Å². The van der Waals surface area contributed by atoms with Gasteiger partial charge in [-0.25, -0.2) is 4.98 Å². The second-order valence-electron chi connectivity index (χ2n) is 7.57. The van der Waals surface area contributed by atoms with Crippen LogP contribution in [0, 0.1) is 0 Å². The number of nitrogens with one attached hydrogen (secondary N) is 1. The van der Waals surface area contributed by atoms with Gasteiger partial charge in [-0.05, 0) is 48.4 Å². The Bertz CT molecular complexity index is 1290. The largest absolute Gasteiger partial charge is 0.497 e. The molecule has 32 heavy (non-hydrogen) atoms. The molecule has 0 fully saturated rings. The zero-order valence-electron chi connectivity index (χ0n) is 17.7. The van der Waals surface area contributed by atoms with Crippen molar-refractivity contribution in [3.63, 3.8) is 0 Å². The van der Waals surface area contributed by atoms with Gasteiger partial charge in [0.25, 0.3) is 5.91 Å². The van der Waals surface area contributed by atoms with Gasteiger partial charge in [0.05, 0.1) is 23.9 Å². The molecule has 8 heteroatoms. The molecule has 2 aromatic carbocycles. The number of hydrogen-bond acceptors (Lipinski definition) is 6. The number of thiophene rings is 1. The SMILES string of the molecule is COc1ccc(C(=O)Nc2sc3c(c2-c2nc4ccccc4s2)CCN(C(C)=O)C3)cc1. The highest BCUT2D eigenvalue weighted by Gasteiger charge is 2.28. The minimum atomic E-state index is -0.183. The lowest BCUT2D eigenvalue weighted by Gasteiger charge is -2.26. The predicted octanol–water partition coefficient (Wildman–Crippen LogP) is 5.19. The summed E-state index contributed by atoms with van der Waals surface area (Å²) in [6, 6.07) is 15.1. The van der Waals surface area contributed by atoms with E-state index in [9.17, 15) is 9.59 Å². The fourth-order valence-corrected chi connectivity index (χ4v) is 6.25. The van der Waals surface area contributed by atoms with Crippen LogP contribution < -0.4 is 10.1 Å². The zero-order chi connectivity index (χ0) is 22.2. The summed E-state index contributed by atoms with van der Waals surface area (Å²) in [5.74, 6) is 0.582. The molecule has 0 spiro atoms. The average molecular weight is 464 g/mol. The van der Waals surface area contributed by atoms with Crippen LogP contribution in [0.25, 0.3) is 20.8 Å². The number of ether oxygens (including phenoxy) is 1. The third kappa shape index (κ3) is 3.76. The molecule has 4 aromatic rings. The minimum Gasteiger partial charge on any atom is -0.497 e. The molecule has 0 radical (unpaired) electrons. The number of benzene rings is 2. The maximum Gasteiger partial charge on any atom is 0.256 e. The first-order valence-corrected chi connectivity index (χ1v) is 11.9. The number of rotatable bonds is 4. The molecular weight excluding hydrogens is 442 g/mol. The molecule has 1 aliphatic rings. The lowest BCUT2D eigenvalue weighted by molar-refractivity contribution is -0.129. The first kappa shape index (κ1) is 20.7. The fraction of sp³-hybridized carbons (Fsp3) is 0.208. The Labute approximate surface area is 193 Å². The van der Waals surface area contributed by atoms with Gasteiger partial charge in [0, 0.05) is 29.5 Å². The number of para-hydroxylation sites is 1. The van der Waals surface area contributed by atoms with Crippen molar-refractivity contribution >= 4 is 49.7 Å². The van der Waals surface area contributed by atoms with Crippen LogP contribution in [0.2, 0.25) is 0 Å². The van der Waals surface area contributed by atoms with E-state index in [4.69, 9.17) is 9.72 Å². The van der Waals surface area contributed by atoms with E-state index >= 15 is 0 Å². The highest BCUT2D eigenvalue weighted by molar-refractivity contribution is 7.23. The van der Waals surface area contributed by atoms with Crippen molar-refractivity contribution in [2.24, 2.45) is 0 Å². The van der Waals surface area contributed by atoms with E-state index < -0.39 is 0 Å². The summed E-state index contributed by atoms with van der Waals surface area (Å²) in [5.41, 5.74) is 3.66. The van der Waals surface area contributed by atoms with Crippen LogP contribution in [0.4, 0.5) is 5.00 Å². The van der Waals surface area contributed by atoms with Gasteiger partial charge in [-0.2, -0.15) is 0 Å². The number of carbonyl (C=O) groups excluding carboxylic acids is 2. The molecule has 2 amide bonds. The molecule has 2 aromatic heterocycles. The summed E-state index contributed by atoms with van der Waals surface area (Å²) >= 11 is 3.16. The van der Waals surface area contributed by atoms with Crippen molar-refractivity contribution < 1.29 is 14.3 Å². The summed E-state index contributed by atoms with van der Waals surface area (Å²) in [6.45, 7) is 2.83. The molecular formula is C24H21N3O3S2. The number of thiazole rings is 1. The van der Waals surface area contributed by atoms with E-state index in [1.54, 1.807) is 49.6 Å². The Hall–Kier alpha value is -3.23. The minimum absolute atomic E-state index is 0.0643. The first-order valence-electron chi connectivity index (χ1n) is 10.2. The van der Waals surface area contributed by atoms with Crippen LogP contribution >= 0.6 is 22.7 Å². The third-order valence-corrected chi connectivity index (χ3v) is 7.78. The van der Waals surface area contributed by atoms with Crippen molar-refractivity contribution in [1.82, 2.24) is 9.88 Å². The molecule has 3 heterocycles. The van der Waals surface area contributed by atoms with Crippen LogP contribution in [-0.4, -0.2) is 35.4 Å². The van der Waals surface area contributed by atoms with Gasteiger partial charge < -0.3 is 15.0 Å². The van der Waals surface area contributed by atoms with Gasteiger partial charge >= 0.3 is 0 Å². The molecule has 6 nitrogen and oxygen atoms in total. The summed E-state index contributed by atoms with van der Waals surface area (Å²) < 4.78 is 6.30. The number of carbonyl (C=O) groups is 2. The van der Waals surface area contributed by atoms with E-state index in [-0.39, 0.29) is 11.8 Å². The number of nitrogens with zero attached hydrogens (tertiary/aromatic N) is 2. The highest BCUT2D eigenvalue weighted by Crippen LogP contribution is 2.45. The molecule has 0 atom stereocenters. The van der Waals surface area contributed by atoms with E-state index in [2.05, 4.69) is 11.4 Å². The lowest BCUT2D eigenvalue weighted by Crippen LogP contribution is -2.33. The van der Waals surface area contributed by atoms with E-state index in [1.807, 2.05) is 23.1 Å². The number of hydrogen-bond donors (Lipinski definition) is 1. The number of fused-ring (bicyclic) bond motifs is 2. The zero-order valence-corrected chi connectivity index (χ0v) is 19.3. The standard InChI is InChI=1S/C24H21N3O3S2/c1-14(28)27-12-11-17-20(13-27)32-24(26-22(29)15-7-9-16(30-2)10-8-15)21(17)23-25-18-5-3-4-6-19(18)31-23/h3-10H,11-13H2,1-2H3,(H,26,29). The van der Waals surface area contributed by atoms with Crippen LogP contribution in [0.1, 0.15) is 27.7 Å². The topological polar surface area (TPSA) is 71.5 Å². The van der Waals surface area contributed by atoms with Crippen molar-refractivity contribution in [2.45, 2.75) is 19.9 Å². The Morgan fingerprint density at radius 3 is 2.59 bits per heavy atom. The van der Waals surface area contributed by atoms with Crippen molar-refractivity contribution in [1.29, 1.82) is 0 Å². The quantitative estimate of drug-likeness (QED) is 0.452. The normalized spacial score (nSPS) is 13.1. The van der Waals surface area contributed by atoms with Crippen molar-refractivity contribution in [3.05, 3.63) is 64.5 Å². The molecule has 1 N–H and O–H groups in total. The fourth-order valence-electron chi connectivity index (χ4n) is 3.88. The Morgan fingerprint density at radius 2 is 1.88 bits per heavy atom. The molecule has 1 aliphatic heterocycles. The van der Waals surface area contributed by atoms with Gasteiger partial charge in [0.15, 0.2) is 0 Å². The summed E-state index contributed by atoms with van der Waals surface area (Å²) in [5, 5.41) is 4.78. The number of aromatic nitrogens is 1. The smallest absolute Gasteiger partial charge is 0.256 e. The van der Waals surface area contributed by atoms with Crippen molar-refractivity contribution in [3.8, 4) is 16.3 Å². The average Bonchev–Trinajstić information content (AvgIpc) is 3.38. The molecule has 0 saturated carbocycles. The highest BCUT2D eigenvalue weighted by atomic mass is 32.1. The van der Waals surface area contributed by atoms with E-state index in [1.165, 1.54) is 16.9 Å². The summed E-state index contributed by atoms with van der Waals surface area (Å²) in [6.07, 6.45) is 0.745. The van der Waals surface area contributed by atoms with Gasteiger partial charge in [-0.3, -0.25) is 9.59 Å². The summed E-state index contributed by atoms with van der Waals surface area (Å²) in [7, 11) is 1.60. The van der Waals surface area contributed by atoms with Crippen LogP contribution in [0.3, 0.4) is 0 Å². The first-order chi connectivity index (χ1) is 15.5. The molecule has 5 rings (SSSR count). The van der Waals surface area contributed by atoms with Crippen LogP contribution in [0.5, 0.6) is 5.75 Å². The van der Waals surface area contributed by atoms with Gasteiger partial charge in [0.1, 0.15) is 15.8 Å². The maximum atomic E-state index is 13.0. The monoisotopic (exact) mass is 463 g/mol. The summed E-state index contributed by atoms with van der Waals surface area (Å²) in [4.78, 5) is 32.8. The molecule has 0 unspecified atom stereocenters. The Kier molecular flexibility index (Phi) is 5.40. The number of methoxy groups -OCH3 is 1.